The van der Waals surface area contributed by atoms with Crippen molar-refractivity contribution in [1.82, 2.24) is 9.88 Å². The summed E-state index contributed by atoms with van der Waals surface area (Å²) in [7, 11) is 1.52. The highest BCUT2D eigenvalue weighted by atomic mass is 79.9. The number of nitrogens with zero attached hydrogens (tertiary/aromatic N) is 2. The van der Waals surface area contributed by atoms with Gasteiger partial charge in [0.05, 0.1) is 35.4 Å². The zero-order valence-electron chi connectivity index (χ0n) is 20.3. The van der Waals surface area contributed by atoms with Gasteiger partial charge in [0.25, 0.3) is 11.7 Å². The van der Waals surface area contributed by atoms with Crippen LogP contribution in [0, 0.1) is 0 Å². The van der Waals surface area contributed by atoms with Gasteiger partial charge >= 0.3 is 5.97 Å². The lowest BCUT2D eigenvalue weighted by Gasteiger charge is -2.25. The number of hydrogen-bond donors (Lipinski definition) is 1. The summed E-state index contributed by atoms with van der Waals surface area (Å²) in [5.74, 6) is -1.70. The number of Topliss-reactive ketones (excluding diaryl/α,β-unsaturated/α-hetero) is 1. The number of esters is 1. The normalized spacial score (nSPS) is 16.6. The van der Waals surface area contributed by atoms with Crippen LogP contribution in [0.2, 0.25) is 0 Å². The van der Waals surface area contributed by atoms with E-state index in [9.17, 15) is 19.5 Å². The van der Waals surface area contributed by atoms with E-state index < -0.39 is 23.7 Å². The first-order valence-electron chi connectivity index (χ1n) is 11.6. The smallest absolute Gasteiger partial charge is 0.338 e. The molecule has 1 fully saturated rings. The molecule has 0 saturated carbocycles. The van der Waals surface area contributed by atoms with E-state index in [1.807, 2.05) is 6.92 Å². The monoisotopic (exact) mass is 564 g/mol. The van der Waals surface area contributed by atoms with Crippen LogP contribution < -0.4 is 4.74 Å². The standard InChI is InChI=1S/C28H25BrN2O6/c1-3-13-37-28(35)18-8-6-17(7-9-18)16-31-24(20-5-4-12-30-15-20)23(26(33)27(31)34)25(32)19-10-11-22(36-2)21(29)14-19/h4-12,14-15,24,32H,3,13,16H2,1-2H3/b25-23-. The number of pyridine rings is 1. The maximum absolute atomic E-state index is 13.2. The Labute approximate surface area is 222 Å². The van der Waals surface area contributed by atoms with Crippen LogP contribution in [0.1, 0.15) is 46.4 Å². The Morgan fingerprint density at radius 2 is 1.84 bits per heavy atom. The summed E-state index contributed by atoms with van der Waals surface area (Å²) < 4.78 is 11.0. The lowest BCUT2D eigenvalue weighted by atomic mass is 9.96. The van der Waals surface area contributed by atoms with Crippen LogP contribution >= 0.6 is 15.9 Å². The van der Waals surface area contributed by atoms with E-state index in [4.69, 9.17) is 9.47 Å². The van der Waals surface area contributed by atoms with Crippen molar-refractivity contribution in [3.8, 4) is 5.75 Å². The zero-order valence-corrected chi connectivity index (χ0v) is 21.9. The minimum absolute atomic E-state index is 0.0326. The predicted octanol–water partition coefficient (Wildman–Crippen LogP) is 5.04. The van der Waals surface area contributed by atoms with E-state index in [0.717, 1.165) is 6.42 Å². The molecule has 1 atom stereocenters. The van der Waals surface area contributed by atoms with Gasteiger partial charge in [0, 0.05) is 24.5 Å². The van der Waals surface area contributed by atoms with E-state index in [2.05, 4.69) is 20.9 Å². The summed E-state index contributed by atoms with van der Waals surface area (Å²) in [5.41, 5.74) is 2.00. The molecular weight excluding hydrogens is 540 g/mol. The number of methoxy groups -OCH3 is 1. The van der Waals surface area contributed by atoms with Gasteiger partial charge in [-0.25, -0.2) is 4.79 Å². The third-order valence-electron chi connectivity index (χ3n) is 5.95. The Bertz CT molecular complexity index is 1350. The molecular formula is C28H25BrN2O6. The number of hydrogen-bond acceptors (Lipinski definition) is 7. The second-order valence-electron chi connectivity index (χ2n) is 8.40. The van der Waals surface area contributed by atoms with Crippen LogP contribution in [0.15, 0.2) is 77.0 Å². The highest BCUT2D eigenvalue weighted by Crippen LogP contribution is 2.40. The van der Waals surface area contributed by atoms with Crippen molar-refractivity contribution in [2.45, 2.75) is 25.9 Å². The Morgan fingerprint density at radius 3 is 2.46 bits per heavy atom. The SMILES string of the molecule is CCCOC(=O)c1ccc(CN2C(=O)C(=O)/C(=C(\O)c3ccc(OC)c(Br)c3)C2c2cccnc2)cc1. The van der Waals surface area contributed by atoms with E-state index in [0.29, 0.717) is 39.1 Å². The molecule has 1 amide bonds. The molecule has 8 nitrogen and oxygen atoms in total. The second-order valence-corrected chi connectivity index (χ2v) is 9.25. The molecule has 9 heteroatoms. The Morgan fingerprint density at radius 1 is 1.11 bits per heavy atom. The number of carbonyl (C=O) groups is 3. The highest BCUT2D eigenvalue weighted by Gasteiger charge is 2.46. The van der Waals surface area contributed by atoms with Crippen molar-refractivity contribution in [1.29, 1.82) is 0 Å². The third kappa shape index (κ3) is 5.41. The van der Waals surface area contributed by atoms with Gasteiger partial charge in [0.15, 0.2) is 0 Å². The average molecular weight is 565 g/mol. The lowest BCUT2D eigenvalue weighted by Crippen LogP contribution is -2.29. The minimum Gasteiger partial charge on any atom is -0.507 e. The van der Waals surface area contributed by atoms with Gasteiger partial charge in [0.1, 0.15) is 11.5 Å². The molecule has 3 aromatic rings. The van der Waals surface area contributed by atoms with Crippen LogP contribution in [0.3, 0.4) is 0 Å². The van der Waals surface area contributed by atoms with Crippen LogP contribution in [-0.2, 0) is 20.9 Å². The van der Waals surface area contributed by atoms with E-state index in [-0.39, 0.29) is 17.9 Å². The minimum atomic E-state index is -0.858. The predicted molar refractivity (Wildman–Crippen MR) is 140 cm³/mol. The van der Waals surface area contributed by atoms with Gasteiger partial charge in [-0.2, -0.15) is 0 Å². The summed E-state index contributed by atoms with van der Waals surface area (Å²) in [4.78, 5) is 44.1. The number of ketones is 1. The van der Waals surface area contributed by atoms with Gasteiger partial charge in [-0.3, -0.25) is 14.6 Å². The van der Waals surface area contributed by atoms with Gasteiger partial charge < -0.3 is 19.5 Å². The number of carbonyl (C=O) groups excluding carboxylic acids is 3. The number of benzene rings is 2. The number of ether oxygens (including phenoxy) is 2. The molecule has 37 heavy (non-hydrogen) atoms. The number of rotatable bonds is 8. The van der Waals surface area contributed by atoms with E-state index in [1.54, 1.807) is 67.0 Å². The van der Waals surface area contributed by atoms with Crippen molar-refractivity contribution in [2.24, 2.45) is 0 Å². The van der Waals surface area contributed by atoms with Crippen molar-refractivity contribution in [3.63, 3.8) is 0 Å². The second kappa shape index (κ2) is 11.4. The molecule has 2 aromatic carbocycles. The molecule has 1 N–H and O–H groups in total. The molecule has 2 heterocycles. The molecule has 0 radical (unpaired) electrons. The Balaban J connectivity index is 1.72. The van der Waals surface area contributed by atoms with Gasteiger partial charge in [-0.15, -0.1) is 0 Å². The van der Waals surface area contributed by atoms with Crippen molar-refractivity contribution in [2.75, 3.05) is 13.7 Å². The number of likely N-dealkylation sites (tertiary alicyclic amines) is 1. The molecule has 1 aliphatic rings. The molecule has 1 unspecified atom stereocenters. The molecule has 1 aliphatic heterocycles. The van der Waals surface area contributed by atoms with Gasteiger partial charge in [-0.05, 0) is 69.9 Å². The van der Waals surface area contributed by atoms with Crippen molar-refractivity contribution in [3.05, 3.63) is 99.3 Å². The first kappa shape index (κ1) is 26.1. The first-order chi connectivity index (χ1) is 17.8. The molecule has 190 valence electrons. The highest BCUT2D eigenvalue weighted by molar-refractivity contribution is 9.10. The van der Waals surface area contributed by atoms with Crippen LogP contribution in [0.5, 0.6) is 5.75 Å². The number of aromatic nitrogens is 1. The largest absolute Gasteiger partial charge is 0.507 e. The van der Waals surface area contributed by atoms with Gasteiger partial charge in [-0.1, -0.05) is 25.1 Å². The third-order valence-corrected chi connectivity index (χ3v) is 6.56. The molecule has 1 saturated heterocycles. The number of halogens is 1. The molecule has 4 rings (SSSR count). The topological polar surface area (TPSA) is 106 Å². The summed E-state index contributed by atoms with van der Waals surface area (Å²) >= 11 is 3.39. The maximum atomic E-state index is 13.2. The van der Waals surface area contributed by atoms with Crippen molar-refractivity contribution < 1.29 is 29.0 Å². The first-order valence-corrected chi connectivity index (χ1v) is 12.4. The molecule has 1 aromatic heterocycles. The fraction of sp³-hybridized carbons (Fsp3) is 0.214. The van der Waals surface area contributed by atoms with E-state index in [1.165, 1.54) is 12.0 Å². The summed E-state index contributed by atoms with van der Waals surface area (Å²) in [5, 5.41) is 11.2. The molecule has 0 spiro atoms. The fourth-order valence-electron chi connectivity index (χ4n) is 4.12. The zero-order chi connectivity index (χ0) is 26.5. The lowest BCUT2D eigenvalue weighted by molar-refractivity contribution is -0.140. The van der Waals surface area contributed by atoms with Gasteiger partial charge in [0.2, 0.25) is 0 Å². The quantitative estimate of drug-likeness (QED) is 0.177. The summed E-state index contributed by atoms with van der Waals surface area (Å²) in [6, 6.07) is 14.2. The Kier molecular flexibility index (Phi) is 8.03. The maximum Gasteiger partial charge on any atom is 0.338 e. The average Bonchev–Trinajstić information content (AvgIpc) is 3.17. The number of amides is 1. The van der Waals surface area contributed by atoms with Crippen LogP contribution in [0.4, 0.5) is 0 Å². The number of aliphatic hydroxyl groups is 1. The summed E-state index contributed by atoms with van der Waals surface area (Å²) in [6.07, 6.45) is 3.88. The van der Waals surface area contributed by atoms with E-state index >= 15 is 0 Å². The number of aliphatic hydroxyl groups excluding tert-OH is 1. The van der Waals surface area contributed by atoms with Crippen LogP contribution in [-0.4, -0.2) is 46.4 Å². The Hall–Kier alpha value is -3.98. The van der Waals surface area contributed by atoms with Crippen molar-refractivity contribution >= 4 is 39.3 Å². The molecule has 0 aliphatic carbocycles. The summed E-state index contributed by atoms with van der Waals surface area (Å²) in [6.45, 7) is 2.33. The molecule has 0 bridgehead atoms. The fourth-order valence-corrected chi connectivity index (χ4v) is 4.66. The van der Waals surface area contributed by atoms with Crippen LogP contribution in [0.25, 0.3) is 5.76 Å².